The SMILES string of the molecule is C=CC(=O)N1CC2COc3c(Cl)c(-c4c(O)ccc(F)c4F)c(F)c4c3c(nc(=O)n4-c3c(C)ccnc3C(C)C)N2CC1C. The van der Waals surface area contributed by atoms with E-state index in [0.717, 1.165) is 10.6 Å². The number of aromatic nitrogens is 3. The number of phenolic OH excluding ortho intramolecular Hbond substituents is 1. The lowest BCUT2D eigenvalue weighted by Gasteiger charge is -2.44. The Kier molecular flexibility index (Phi) is 7.51. The molecule has 0 aliphatic carbocycles. The molecule has 1 saturated heterocycles. The van der Waals surface area contributed by atoms with Crippen molar-refractivity contribution < 1.29 is 27.8 Å². The maximum Gasteiger partial charge on any atom is 0.354 e. The number of aryl methyl sites for hydroxylation is 1. The Morgan fingerprint density at radius 2 is 1.91 bits per heavy atom. The van der Waals surface area contributed by atoms with Gasteiger partial charge in [-0.05, 0) is 49.6 Å². The van der Waals surface area contributed by atoms with Gasteiger partial charge in [0, 0.05) is 30.9 Å². The van der Waals surface area contributed by atoms with Crippen molar-refractivity contribution >= 4 is 34.2 Å². The van der Waals surface area contributed by atoms with Crippen molar-refractivity contribution in [2.45, 2.75) is 45.7 Å². The van der Waals surface area contributed by atoms with Gasteiger partial charge in [-0.3, -0.25) is 14.3 Å². The maximum absolute atomic E-state index is 17.2. The molecule has 1 fully saturated rings. The number of hydrogen-bond donors (Lipinski definition) is 1. The molecular formula is C32H29ClF3N5O4. The topological polar surface area (TPSA) is 101 Å². The van der Waals surface area contributed by atoms with E-state index in [9.17, 15) is 19.1 Å². The summed E-state index contributed by atoms with van der Waals surface area (Å²) in [6.45, 7) is 11.1. The quantitative estimate of drug-likeness (QED) is 0.289. The minimum atomic E-state index is -1.54. The molecular weight excluding hydrogens is 611 g/mol. The number of halogens is 4. The Labute approximate surface area is 261 Å². The van der Waals surface area contributed by atoms with Crippen molar-refractivity contribution in [2.75, 3.05) is 24.6 Å². The van der Waals surface area contributed by atoms with Crippen molar-refractivity contribution in [3.8, 4) is 28.3 Å². The number of nitrogens with zero attached hydrogens (tertiary/aromatic N) is 5. The van der Waals surface area contributed by atoms with Crippen LogP contribution in [0.1, 0.15) is 37.9 Å². The number of ether oxygens (including phenoxy) is 1. The summed E-state index contributed by atoms with van der Waals surface area (Å²) in [7, 11) is 0. The number of amides is 1. The molecule has 0 bridgehead atoms. The van der Waals surface area contributed by atoms with E-state index in [-0.39, 0.29) is 65.7 Å². The van der Waals surface area contributed by atoms with Crippen molar-refractivity contribution in [3.63, 3.8) is 0 Å². The first kappa shape index (κ1) is 30.4. The maximum atomic E-state index is 17.2. The summed E-state index contributed by atoms with van der Waals surface area (Å²) < 4.78 is 54.4. The summed E-state index contributed by atoms with van der Waals surface area (Å²) in [4.78, 5) is 39.0. The summed E-state index contributed by atoms with van der Waals surface area (Å²) in [5, 5.41) is 10.2. The minimum absolute atomic E-state index is 0.0216. The van der Waals surface area contributed by atoms with Crippen LogP contribution in [-0.2, 0) is 4.79 Å². The zero-order chi connectivity index (χ0) is 32.5. The number of aromatic hydroxyl groups is 1. The molecule has 4 heterocycles. The fourth-order valence-corrected chi connectivity index (χ4v) is 6.57. The highest BCUT2D eigenvalue weighted by molar-refractivity contribution is 6.36. The van der Waals surface area contributed by atoms with Crippen molar-refractivity contribution in [3.05, 3.63) is 81.3 Å². The summed E-state index contributed by atoms with van der Waals surface area (Å²) in [6.07, 6.45) is 2.78. The van der Waals surface area contributed by atoms with Crippen LogP contribution in [-0.4, -0.2) is 62.2 Å². The number of anilines is 1. The fraction of sp³-hybridized carbons (Fsp3) is 0.312. The van der Waals surface area contributed by atoms with Gasteiger partial charge in [0.2, 0.25) is 5.91 Å². The van der Waals surface area contributed by atoms with E-state index >= 15 is 8.78 Å². The zero-order valence-corrected chi connectivity index (χ0v) is 25.6. The molecule has 2 aromatic carbocycles. The van der Waals surface area contributed by atoms with Crippen molar-refractivity contribution in [1.82, 2.24) is 19.4 Å². The lowest BCUT2D eigenvalue weighted by atomic mass is 9.98. The molecule has 0 radical (unpaired) electrons. The van der Waals surface area contributed by atoms with Crippen LogP contribution in [0.25, 0.3) is 27.7 Å². The Hall–Kier alpha value is -4.58. The number of rotatable bonds is 4. The smallest absolute Gasteiger partial charge is 0.354 e. The van der Waals surface area contributed by atoms with Gasteiger partial charge in [-0.15, -0.1) is 0 Å². The second-order valence-electron chi connectivity index (χ2n) is 11.5. The monoisotopic (exact) mass is 639 g/mol. The molecule has 4 aromatic rings. The highest BCUT2D eigenvalue weighted by Gasteiger charge is 2.41. The van der Waals surface area contributed by atoms with Crippen LogP contribution in [0.3, 0.4) is 0 Å². The summed E-state index contributed by atoms with van der Waals surface area (Å²) >= 11 is 6.79. The number of carbonyl (C=O) groups excluding carboxylic acids is 1. The Balaban J connectivity index is 1.78. The van der Waals surface area contributed by atoms with Crippen LogP contribution < -0.4 is 15.3 Å². The molecule has 45 heavy (non-hydrogen) atoms. The number of phenols is 1. The first-order valence-electron chi connectivity index (χ1n) is 14.3. The molecule has 0 spiro atoms. The average molecular weight is 640 g/mol. The van der Waals surface area contributed by atoms with Gasteiger partial charge in [0.1, 0.15) is 23.7 Å². The first-order valence-corrected chi connectivity index (χ1v) is 14.7. The third-order valence-corrected chi connectivity index (χ3v) is 8.75. The number of pyridine rings is 1. The van der Waals surface area contributed by atoms with Crippen molar-refractivity contribution in [1.29, 1.82) is 0 Å². The van der Waals surface area contributed by atoms with Gasteiger partial charge in [-0.2, -0.15) is 4.98 Å². The zero-order valence-electron chi connectivity index (χ0n) is 24.9. The van der Waals surface area contributed by atoms with Gasteiger partial charge in [0.05, 0.1) is 33.4 Å². The molecule has 13 heteroatoms. The van der Waals surface area contributed by atoms with Crippen LogP contribution in [0.15, 0.2) is 41.8 Å². The number of carbonyl (C=O) groups is 1. The van der Waals surface area contributed by atoms with E-state index < -0.39 is 51.1 Å². The molecule has 0 saturated carbocycles. The van der Waals surface area contributed by atoms with Gasteiger partial charge in [-0.1, -0.05) is 32.0 Å². The molecule has 1 N–H and O–H groups in total. The number of hydrogen-bond acceptors (Lipinski definition) is 7. The van der Waals surface area contributed by atoms with Gasteiger partial charge in [0.25, 0.3) is 0 Å². The predicted molar refractivity (Wildman–Crippen MR) is 164 cm³/mol. The van der Waals surface area contributed by atoms with E-state index in [0.29, 0.717) is 17.3 Å². The normalized spacial score (nSPS) is 17.7. The van der Waals surface area contributed by atoms with Gasteiger partial charge >= 0.3 is 5.69 Å². The van der Waals surface area contributed by atoms with Crippen LogP contribution in [0, 0.1) is 24.4 Å². The molecule has 2 unspecified atom stereocenters. The summed E-state index contributed by atoms with van der Waals surface area (Å²) in [6, 6.07) is 2.35. The second kappa shape index (κ2) is 11.1. The third kappa shape index (κ3) is 4.61. The van der Waals surface area contributed by atoms with Gasteiger partial charge < -0.3 is 19.6 Å². The molecule has 9 nitrogen and oxygen atoms in total. The lowest BCUT2D eigenvalue weighted by molar-refractivity contribution is -0.129. The molecule has 234 valence electrons. The largest absolute Gasteiger partial charge is 0.507 e. The average Bonchev–Trinajstić information content (AvgIpc) is 3.15. The van der Waals surface area contributed by atoms with Crippen LogP contribution in [0.5, 0.6) is 11.5 Å². The molecule has 2 aliphatic heterocycles. The summed E-state index contributed by atoms with van der Waals surface area (Å²) in [5.74, 6) is -5.45. The second-order valence-corrected chi connectivity index (χ2v) is 11.9. The van der Waals surface area contributed by atoms with E-state index in [1.807, 2.05) is 20.8 Å². The minimum Gasteiger partial charge on any atom is -0.507 e. The Bertz CT molecular complexity index is 1980. The third-order valence-electron chi connectivity index (χ3n) is 8.39. The van der Waals surface area contributed by atoms with Crippen molar-refractivity contribution in [2.24, 2.45) is 0 Å². The predicted octanol–water partition coefficient (Wildman–Crippen LogP) is 5.64. The molecule has 2 aliphatic rings. The molecule has 6 rings (SSSR count). The van der Waals surface area contributed by atoms with E-state index in [2.05, 4.69) is 16.5 Å². The standard InChI is InChI=1S/C32H29ClF3N5O4/c1-6-20(43)39-12-17-13-45-30-23-29(26(36)22(24(30)33)21-19(42)8-7-18(34)25(21)35)41(28-15(4)9-10-37-27(28)14(2)3)32(44)38-31(23)40(17)11-16(39)5/h6-10,14,16-17,42H,1,11-13H2,2-5H3. The molecule has 2 atom stereocenters. The highest BCUT2D eigenvalue weighted by Crippen LogP contribution is 2.50. The first-order chi connectivity index (χ1) is 21.4. The number of benzene rings is 2. The lowest BCUT2D eigenvalue weighted by Crippen LogP contribution is -2.60. The fourth-order valence-electron chi connectivity index (χ4n) is 6.24. The van der Waals surface area contributed by atoms with Crippen LogP contribution >= 0.6 is 11.6 Å². The number of fused-ring (bicyclic) bond motifs is 2. The Morgan fingerprint density at radius 3 is 2.60 bits per heavy atom. The molecule has 1 amide bonds. The molecule has 2 aromatic heterocycles. The number of piperazine rings is 1. The Morgan fingerprint density at radius 1 is 1.18 bits per heavy atom. The van der Waals surface area contributed by atoms with E-state index in [1.165, 1.54) is 6.08 Å². The van der Waals surface area contributed by atoms with Gasteiger partial charge in [-0.25, -0.2) is 18.0 Å². The van der Waals surface area contributed by atoms with Gasteiger partial charge in [0.15, 0.2) is 23.2 Å². The van der Waals surface area contributed by atoms with Crippen LogP contribution in [0.4, 0.5) is 19.0 Å². The van der Waals surface area contributed by atoms with Crippen LogP contribution in [0.2, 0.25) is 5.02 Å². The van der Waals surface area contributed by atoms with E-state index in [4.69, 9.17) is 16.3 Å². The highest BCUT2D eigenvalue weighted by atomic mass is 35.5. The summed E-state index contributed by atoms with van der Waals surface area (Å²) in [5.41, 5.74) is -1.46. The van der Waals surface area contributed by atoms with E-state index in [1.54, 1.807) is 29.0 Å².